The largest absolute Gasteiger partial charge is 0.366 e. The van der Waals surface area contributed by atoms with Crippen molar-refractivity contribution in [1.82, 2.24) is 24.3 Å². The molecule has 4 rings (SSSR count). The monoisotopic (exact) mass is 405 g/mol. The second kappa shape index (κ2) is 7.94. The van der Waals surface area contributed by atoms with Crippen LogP contribution in [0.2, 0.25) is 5.02 Å². The van der Waals surface area contributed by atoms with Crippen LogP contribution >= 0.6 is 11.6 Å². The molecule has 1 N–H and O–H groups in total. The van der Waals surface area contributed by atoms with Gasteiger partial charge in [0, 0.05) is 43.5 Å². The number of anilines is 1. The molecule has 4 aromatic rings. The van der Waals surface area contributed by atoms with Crippen LogP contribution in [0.1, 0.15) is 11.1 Å². The van der Waals surface area contributed by atoms with Crippen LogP contribution in [-0.2, 0) is 27.1 Å². The normalized spacial score (nSPS) is 11.0. The van der Waals surface area contributed by atoms with Crippen molar-refractivity contribution in [1.29, 1.82) is 0 Å². The lowest BCUT2D eigenvalue weighted by Gasteiger charge is -2.14. The van der Waals surface area contributed by atoms with E-state index in [1.165, 1.54) is 0 Å². The van der Waals surface area contributed by atoms with Crippen molar-refractivity contribution in [3.63, 3.8) is 0 Å². The fourth-order valence-electron chi connectivity index (χ4n) is 3.34. The zero-order valence-electron chi connectivity index (χ0n) is 16.2. The Labute approximate surface area is 173 Å². The van der Waals surface area contributed by atoms with Crippen molar-refractivity contribution in [2.45, 2.75) is 13.0 Å². The smallest absolute Gasteiger partial charge is 0.218 e. The van der Waals surface area contributed by atoms with Gasteiger partial charge in [0.15, 0.2) is 0 Å². The number of aryl methyl sites for hydroxylation is 2. The Morgan fingerprint density at radius 3 is 2.76 bits per heavy atom. The molecule has 146 valence electrons. The van der Waals surface area contributed by atoms with Gasteiger partial charge in [0.05, 0.1) is 35.6 Å². The van der Waals surface area contributed by atoms with Crippen molar-refractivity contribution in [2.24, 2.45) is 14.1 Å². The number of nitrogens with zero attached hydrogens (tertiary/aromatic N) is 6. The second-order valence-corrected chi connectivity index (χ2v) is 7.25. The van der Waals surface area contributed by atoms with Gasteiger partial charge in [0.1, 0.15) is 5.82 Å². The van der Waals surface area contributed by atoms with Gasteiger partial charge in [-0.05, 0) is 29.3 Å². The average molecular weight is 406 g/mol. The number of benzene rings is 1. The SMILES string of the molecule is [C-]#[N+]CCc1cc2c(CNc3ccnn3C)cc(-c3cncn3C)nc2cc1Cl. The van der Waals surface area contributed by atoms with Gasteiger partial charge in [-0.3, -0.25) is 4.68 Å². The lowest BCUT2D eigenvalue weighted by atomic mass is 10.0. The van der Waals surface area contributed by atoms with E-state index >= 15 is 0 Å². The fourth-order valence-corrected chi connectivity index (χ4v) is 3.60. The van der Waals surface area contributed by atoms with Crippen LogP contribution < -0.4 is 5.32 Å². The number of rotatable bonds is 6. The first kappa shape index (κ1) is 19.0. The maximum Gasteiger partial charge on any atom is 0.218 e. The molecule has 0 aliphatic carbocycles. The molecule has 8 heteroatoms. The maximum atomic E-state index is 7.06. The van der Waals surface area contributed by atoms with Crippen LogP contribution in [0.15, 0.2) is 43.0 Å². The van der Waals surface area contributed by atoms with E-state index in [0.29, 0.717) is 24.5 Å². The standard InChI is InChI=1S/C21H20ClN7/c1-23-6-4-14-8-16-15(11-25-21-5-7-26-29(21)3)9-19(20-12-24-13-28(20)2)27-18(16)10-17(14)22/h5,7-10,12-13,25H,4,6,11H2,2-3H3. The summed E-state index contributed by atoms with van der Waals surface area (Å²) in [5.41, 5.74) is 4.65. The van der Waals surface area contributed by atoms with E-state index in [-0.39, 0.29) is 0 Å². The molecule has 3 aromatic heterocycles. The van der Waals surface area contributed by atoms with E-state index in [0.717, 1.165) is 39.2 Å². The summed E-state index contributed by atoms with van der Waals surface area (Å²) in [6.07, 6.45) is 5.94. The number of nitrogens with one attached hydrogen (secondary N) is 1. The zero-order chi connectivity index (χ0) is 20.4. The molecule has 0 spiro atoms. The van der Waals surface area contributed by atoms with Crippen LogP contribution in [-0.4, -0.2) is 30.9 Å². The molecular weight excluding hydrogens is 386 g/mol. The van der Waals surface area contributed by atoms with Gasteiger partial charge in [-0.15, -0.1) is 0 Å². The summed E-state index contributed by atoms with van der Waals surface area (Å²) >= 11 is 6.49. The second-order valence-electron chi connectivity index (χ2n) is 6.84. The topological polar surface area (TPSA) is 64.9 Å². The van der Waals surface area contributed by atoms with Gasteiger partial charge >= 0.3 is 0 Å². The summed E-state index contributed by atoms with van der Waals surface area (Å²) in [6, 6.07) is 7.96. The number of imidazole rings is 1. The fraction of sp³-hybridized carbons (Fsp3) is 0.238. The molecule has 0 bridgehead atoms. The van der Waals surface area contributed by atoms with E-state index in [1.54, 1.807) is 23.4 Å². The molecular formula is C21H20ClN7. The molecule has 29 heavy (non-hydrogen) atoms. The zero-order valence-corrected chi connectivity index (χ0v) is 17.0. The van der Waals surface area contributed by atoms with E-state index < -0.39 is 0 Å². The highest BCUT2D eigenvalue weighted by Crippen LogP contribution is 2.30. The molecule has 1 aromatic carbocycles. The predicted octanol–water partition coefficient (Wildman–Crippen LogP) is 4.10. The Kier molecular flexibility index (Phi) is 5.19. The molecule has 3 heterocycles. The van der Waals surface area contributed by atoms with Crippen LogP contribution in [0.3, 0.4) is 0 Å². The maximum absolute atomic E-state index is 7.06. The van der Waals surface area contributed by atoms with Gasteiger partial charge in [-0.2, -0.15) is 5.10 Å². The lowest BCUT2D eigenvalue weighted by Crippen LogP contribution is -2.06. The van der Waals surface area contributed by atoms with Crippen LogP contribution in [0.25, 0.3) is 27.1 Å². The van der Waals surface area contributed by atoms with Crippen molar-refractivity contribution >= 4 is 28.3 Å². The first-order chi connectivity index (χ1) is 14.1. The van der Waals surface area contributed by atoms with Crippen LogP contribution in [0.5, 0.6) is 0 Å². The molecule has 0 aliphatic rings. The van der Waals surface area contributed by atoms with Crippen LogP contribution in [0, 0.1) is 6.57 Å². The molecule has 0 amide bonds. The predicted molar refractivity (Wildman–Crippen MR) is 115 cm³/mol. The minimum atomic E-state index is 0.411. The summed E-state index contributed by atoms with van der Waals surface area (Å²) in [5, 5.41) is 9.30. The van der Waals surface area contributed by atoms with Gasteiger partial charge < -0.3 is 14.7 Å². The first-order valence-electron chi connectivity index (χ1n) is 9.20. The van der Waals surface area contributed by atoms with E-state index in [1.807, 2.05) is 30.8 Å². The van der Waals surface area contributed by atoms with Crippen LogP contribution in [0.4, 0.5) is 5.82 Å². The minimum absolute atomic E-state index is 0.411. The van der Waals surface area contributed by atoms with Gasteiger partial charge in [0.2, 0.25) is 6.54 Å². The van der Waals surface area contributed by atoms with E-state index in [2.05, 4.69) is 32.4 Å². The molecule has 0 saturated carbocycles. The number of hydrogen-bond acceptors (Lipinski definition) is 4. The molecule has 0 atom stereocenters. The van der Waals surface area contributed by atoms with Crippen molar-refractivity contribution in [3.05, 3.63) is 70.6 Å². The Hall–Kier alpha value is -3.37. The average Bonchev–Trinajstić information content (AvgIpc) is 3.32. The van der Waals surface area contributed by atoms with Gasteiger partial charge in [0.25, 0.3) is 0 Å². The third-order valence-electron chi connectivity index (χ3n) is 4.92. The molecule has 7 nitrogen and oxygen atoms in total. The number of hydrogen-bond donors (Lipinski definition) is 1. The third-order valence-corrected chi connectivity index (χ3v) is 5.27. The number of pyridine rings is 1. The van der Waals surface area contributed by atoms with Gasteiger partial charge in [-0.1, -0.05) is 11.6 Å². The summed E-state index contributed by atoms with van der Waals surface area (Å²) in [4.78, 5) is 12.5. The molecule has 0 unspecified atom stereocenters. The summed E-state index contributed by atoms with van der Waals surface area (Å²) in [7, 11) is 3.85. The number of halogens is 1. The van der Waals surface area contributed by atoms with E-state index in [4.69, 9.17) is 23.2 Å². The first-order valence-corrected chi connectivity index (χ1v) is 9.58. The highest BCUT2D eigenvalue weighted by atomic mass is 35.5. The summed E-state index contributed by atoms with van der Waals surface area (Å²) in [5.74, 6) is 0.930. The van der Waals surface area contributed by atoms with Crippen molar-refractivity contribution in [3.8, 4) is 11.4 Å². The molecule has 0 saturated heterocycles. The molecule has 0 radical (unpaired) electrons. The lowest BCUT2D eigenvalue weighted by molar-refractivity contribution is 0.769. The third kappa shape index (κ3) is 3.80. The number of fused-ring (bicyclic) bond motifs is 1. The Balaban J connectivity index is 1.82. The molecule has 0 fully saturated rings. The summed E-state index contributed by atoms with van der Waals surface area (Å²) < 4.78 is 3.74. The number of aromatic nitrogens is 5. The highest BCUT2D eigenvalue weighted by Gasteiger charge is 2.14. The van der Waals surface area contributed by atoms with Crippen molar-refractivity contribution < 1.29 is 0 Å². The molecule has 0 aliphatic heterocycles. The Bertz CT molecular complexity index is 1220. The minimum Gasteiger partial charge on any atom is -0.366 e. The van der Waals surface area contributed by atoms with Crippen molar-refractivity contribution in [2.75, 3.05) is 11.9 Å². The Morgan fingerprint density at radius 2 is 2.07 bits per heavy atom. The van der Waals surface area contributed by atoms with E-state index in [9.17, 15) is 0 Å². The van der Waals surface area contributed by atoms with Gasteiger partial charge in [-0.25, -0.2) is 16.5 Å². The quantitative estimate of drug-likeness (QED) is 0.490. The highest BCUT2D eigenvalue weighted by molar-refractivity contribution is 6.32. The summed E-state index contributed by atoms with van der Waals surface area (Å²) in [6.45, 7) is 8.08. The Morgan fingerprint density at radius 1 is 1.21 bits per heavy atom.